The van der Waals surface area contributed by atoms with Gasteiger partial charge in [-0.05, 0) is 30.9 Å². The van der Waals surface area contributed by atoms with E-state index in [4.69, 9.17) is 0 Å². The smallest absolute Gasteiger partial charge is 0.0307 e. The van der Waals surface area contributed by atoms with E-state index in [1.807, 2.05) is 0 Å². The number of piperidine rings is 1. The van der Waals surface area contributed by atoms with Crippen LogP contribution in [-0.2, 0) is 6.54 Å². The molecule has 1 fully saturated rings. The molecule has 0 N–H and O–H groups in total. The lowest BCUT2D eigenvalue weighted by atomic mass is 9.87. The Labute approximate surface area is 105 Å². The van der Waals surface area contributed by atoms with Crippen molar-refractivity contribution in [2.75, 3.05) is 6.54 Å². The van der Waals surface area contributed by atoms with Gasteiger partial charge in [0.2, 0.25) is 0 Å². The normalized spacial score (nSPS) is 25.7. The van der Waals surface area contributed by atoms with Gasteiger partial charge in [-0.1, -0.05) is 49.8 Å². The molecular formula is C16H23N. The van der Waals surface area contributed by atoms with Crippen molar-refractivity contribution < 1.29 is 0 Å². The van der Waals surface area contributed by atoms with Crippen molar-refractivity contribution in [2.45, 2.75) is 38.8 Å². The SMILES string of the molecule is C=C[C@H]1[C@H](CC)CCCN1Cc1ccccc1. The summed E-state index contributed by atoms with van der Waals surface area (Å²) in [6, 6.07) is 11.3. The van der Waals surface area contributed by atoms with Crippen LogP contribution in [0.4, 0.5) is 0 Å². The molecule has 0 spiro atoms. The third-order valence-electron chi connectivity index (χ3n) is 3.92. The van der Waals surface area contributed by atoms with Gasteiger partial charge >= 0.3 is 0 Å². The largest absolute Gasteiger partial charge is 0.292 e. The summed E-state index contributed by atoms with van der Waals surface area (Å²) in [5.41, 5.74) is 1.41. The minimum Gasteiger partial charge on any atom is -0.292 e. The average Bonchev–Trinajstić information content (AvgIpc) is 2.39. The van der Waals surface area contributed by atoms with Crippen LogP contribution in [0, 0.1) is 5.92 Å². The van der Waals surface area contributed by atoms with Gasteiger partial charge in [0.25, 0.3) is 0 Å². The molecule has 2 rings (SSSR count). The molecule has 1 saturated heterocycles. The number of likely N-dealkylation sites (tertiary alicyclic amines) is 1. The lowest BCUT2D eigenvalue weighted by molar-refractivity contribution is 0.114. The maximum atomic E-state index is 4.03. The van der Waals surface area contributed by atoms with Crippen LogP contribution in [0.1, 0.15) is 31.7 Å². The molecular weight excluding hydrogens is 206 g/mol. The van der Waals surface area contributed by atoms with Gasteiger partial charge in [-0.25, -0.2) is 0 Å². The number of benzene rings is 1. The van der Waals surface area contributed by atoms with Crippen LogP contribution in [0.2, 0.25) is 0 Å². The number of hydrogen-bond acceptors (Lipinski definition) is 1. The molecule has 2 atom stereocenters. The summed E-state index contributed by atoms with van der Waals surface area (Å²) < 4.78 is 0. The summed E-state index contributed by atoms with van der Waals surface area (Å²) in [6.07, 6.45) is 6.10. The van der Waals surface area contributed by atoms with Crippen LogP contribution in [0.25, 0.3) is 0 Å². The molecule has 0 radical (unpaired) electrons. The van der Waals surface area contributed by atoms with Crippen LogP contribution < -0.4 is 0 Å². The van der Waals surface area contributed by atoms with Gasteiger partial charge in [0, 0.05) is 12.6 Å². The number of nitrogens with zero attached hydrogens (tertiary/aromatic N) is 1. The van der Waals surface area contributed by atoms with Crippen molar-refractivity contribution in [1.82, 2.24) is 4.90 Å². The van der Waals surface area contributed by atoms with Gasteiger partial charge in [0.15, 0.2) is 0 Å². The molecule has 1 aliphatic rings. The fourth-order valence-electron chi connectivity index (χ4n) is 2.96. The predicted molar refractivity (Wildman–Crippen MR) is 73.9 cm³/mol. The first-order valence-electron chi connectivity index (χ1n) is 6.75. The quantitative estimate of drug-likeness (QED) is 0.709. The lowest BCUT2D eigenvalue weighted by Crippen LogP contribution is -2.43. The van der Waals surface area contributed by atoms with Gasteiger partial charge < -0.3 is 0 Å². The minimum absolute atomic E-state index is 0.564. The Kier molecular flexibility index (Phi) is 4.38. The average molecular weight is 229 g/mol. The Morgan fingerprint density at radius 1 is 1.35 bits per heavy atom. The van der Waals surface area contributed by atoms with Gasteiger partial charge in [-0.15, -0.1) is 6.58 Å². The molecule has 1 aliphatic heterocycles. The zero-order valence-electron chi connectivity index (χ0n) is 10.8. The van der Waals surface area contributed by atoms with Crippen molar-refractivity contribution in [3.05, 3.63) is 48.6 Å². The molecule has 1 aromatic carbocycles. The monoisotopic (exact) mass is 229 g/mol. The van der Waals surface area contributed by atoms with Crippen molar-refractivity contribution in [1.29, 1.82) is 0 Å². The summed E-state index contributed by atoms with van der Waals surface area (Å²) in [5, 5.41) is 0. The molecule has 0 unspecified atom stereocenters. The Bertz CT molecular complexity index is 344. The van der Waals surface area contributed by atoms with Crippen molar-refractivity contribution >= 4 is 0 Å². The molecule has 1 nitrogen and oxygen atoms in total. The van der Waals surface area contributed by atoms with E-state index in [9.17, 15) is 0 Å². The van der Waals surface area contributed by atoms with E-state index in [0.29, 0.717) is 6.04 Å². The maximum Gasteiger partial charge on any atom is 0.0307 e. The van der Waals surface area contributed by atoms with Crippen LogP contribution in [0.15, 0.2) is 43.0 Å². The summed E-state index contributed by atoms with van der Waals surface area (Å²) in [4.78, 5) is 2.58. The number of rotatable bonds is 4. The molecule has 0 saturated carbocycles. The van der Waals surface area contributed by atoms with E-state index in [2.05, 4.69) is 54.8 Å². The van der Waals surface area contributed by atoms with Gasteiger partial charge in [-0.3, -0.25) is 4.90 Å². The summed E-state index contributed by atoms with van der Waals surface area (Å²) >= 11 is 0. The highest BCUT2D eigenvalue weighted by atomic mass is 15.2. The van der Waals surface area contributed by atoms with E-state index in [1.54, 1.807) is 0 Å². The number of hydrogen-bond donors (Lipinski definition) is 0. The van der Waals surface area contributed by atoms with Crippen LogP contribution in [-0.4, -0.2) is 17.5 Å². The molecule has 0 amide bonds. The second kappa shape index (κ2) is 6.02. The van der Waals surface area contributed by atoms with Gasteiger partial charge in [0.05, 0.1) is 0 Å². The maximum absolute atomic E-state index is 4.03. The molecule has 1 heteroatoms. The molecule has 0 bridgehead atoms. The topological polar surface area (TPSA) is 3.24 Å². The Balaban J connectivity index is 2.06. The first-order valence-corrected chi connectivity index (χ1v) is 6.75. The molecule has 0 aliphatic carbocycles. The van der Waals surface area contributed by atoms with Gasteiger partial charge in [-0.2, -0.15) is 0 Å². The fourth-order valence-corrected chi connectivity index (χ4v) is 2.96. The van der Waals surface area contributed by atoms with Crippen molar-refractivity contribution in [2.24, 2.45) is 5.92 Å². The van der Waals surface area contributed by atoms with Crippen LogP contribution in [0.3, 0.4) is 0 Å². The Hall–Kier alpha value is -1.08. The van der Waals surface area contributed by atoms with Gasteiger partial charge in [0.1, 0.15) is 0 Å². The molecule has 0 aromatic heterocycles. The van der Waals surface area contributed by atoms with E-state index < -0.39 is 0 Å². The first kappa shape index (κ1) is 12.4. The second-order valence-electron chi connectivity index (χ2n) is 4.99. The molecule has 1 heterocycles. The Morgan fingerprint density at radius 3 is 2.76 bits per heavy atom. The van der Waals surface area contributed by atoms with E-state index in [0.717, 1.165) is 12.5 Å². The highest BCUT2D eigenvalue weighted by Crippen LogP contribution is 2.28. The lowest BCUT2D eigenvalue weighted by Gasteiger charge is -2.39. The first-order chi connectivity index (χ1) is 8.35. The van der Waals surface area contributed by atoms with E-state index in [-0.39, 0.29) is 0 Å². The third-order valence-corrected chi connectivity index (χ3v) is 3.92. The highest BCUT2D eigenvalue weighted by molar-refractivity contribution is 5.15. The highest BCUT2D eigenvalue weighted by Gasteiger charge is 2.27. The second-order valence-corrected chi connectivity index (χ2v) is 4.99. The molecule has 1 aromatic rings. The summed E-state index contributed by atoms with van der Waals surface area (Å²) in [5.74, 6) is 0.796. The minimum atomic E-state index is 0.564. The molecule has 17 heavy (non-hydrogen) atoms. The van der Waals surface area contributed by atoms with E-state index >= 15 is 0 Å². The van der Waals surface area contributed by atoms with Crippen LogP contribution >= 0.6 is 0 Å². The van der Waals surface area contributed by atoms with Crippen molar-refractivity contribution in [3.8, 4) is 0 Å². The molecule has 92 valence electrons. The fraction of sp³-hybridized carbons (Fsp3) is 0.500. The van der Waals surface area contributed by atoms with E-state index in [1.165, 1.54) is 31.4 Å². The standard InChI is InChI=1S/C16H23N/c1-3-15-11-8-12-17(16(15)4-2)13-14-9-6-5-7-10-14/h4-7,9-10,15-16H,2-3,8,11-13H2,1H3/t15-,16+/m1/s1. The van der Waals surface area contributed by atoms with Crippen molar-refractivity contribution in [3.63, 3.8) is 0 Å². The Morgan fingerprint density at radius 2 is 2.12 bits per heavy atom. The third kappa shape index (κ3) is 2.98. The summed E-state index contributed by atoms with van der Waals surface area (Å²) in [7, 11) is 0. The zero-order valence-corrected chi connectivity index (χ0v) is 10.8. The van der Waals surface area contributed by atoms with Crippen LogP contribution in [0.5, 0.6) is 0 Å². The zero-order chi connectivity index (χ0) is 12.1. The summed E-state index contributed by atoms with van der Waals surface area (Å²) in [6.45, 7) is 8.61. The predicted octanol–water partition coefficient (Wildman–Crippen LogP) is 3.86.